The first-order valence-electron chi connectivity index (χ1n) is 16.4. The lowest BCUT2D eigenvalue weighted by molar-refractivity contribution is -0.145. The van der Waals surface area contributed by atoms with E-state index in [2.05, 4.69) is 15.2 Å². The molecule has 0 radical (unpaired) electrons. The summed E-state index contributed by atoms with van der Waals surface area (Å²) in [6.07, 6.45) is 1.39. The van der Waals surface area contributed by atoms with E-state index in [1.54, 1.807) is 15.9 Å². The fraction of sp³-hybridized carbons (Fsp3) is 0.588. The maximum absolute atomic E-state index is 13.9. The van der Waals surface area contributed by atoms with Crippen LogP contribution in [0.3, 0.4) is 0 Å². The highest BCUT2D eigenvalue weighted by Crippen LogP contribution is 2.53. The van der Waals surface area contributed by atoms with Gasteiger partial charge in [-0.25, -0.2) is 14.8 Å². The zero-order valence-corrected chi connectivity index (χ0v) is 27.5. The lowest BCUT2D eigenvalue weighted by atomic mass is 9.85. The van der Waals surface area contributed by atoms with Crippen LogP contribution in [0.5, 0.6) is 0 Å². The number of carbonyl (C=O) groups excluding carboxylic acids is 4. The Balaban J connectivity index is 1.31. The van der Waals surface area contributed by atoms with Crippen molar-refractivity contribution in [3.63, 3.8) is 0 Å². The van der Waals surface area contributed by atoms with Crippen LogP contribution in [0.4, 0.5) is 10.6 Å². The average molecular weight is 635 g/mol. The predicted molar refractivity (Wildman–Crippen MR) is 172 cm³/mol. The minimum atomic E-state index is -0.827. The van der Waals surface area contributed by atoms with E-state index in [4.69, 9.17) is 14.5 Å². The topological polar surface area (TPSA) is 134 Å². The molecule has 12 nitrogen and oxygen atoms in total. The monoisotopic (exact) mass is 634 g/mol. The van der Waals surface area contributed by atoms with Crippen LogP contribution in [0.25, 0.3) is 11.4 Å². The van der Waals surface area contributed by atoms with Crippen molar-refractivity contribution in [3.8, 4) is 11.4 Å². The molecule has 1 aliphatic carbocycles. The Morgan fingerprint density at radius 3 is 2.20 bits per heavy atom. The molecule has 0 spiro atoms. The van der Waals surface area contributed by atoms with Gasteiger partial charge in [-0.05, 0) is 30.6 Å². The van der Waals surface area contributed by atoms with E-state index in [0.29, 0.717) is 64.1 Å². The van der Waals surface area contributed by atoms with Crippen LogP contribution in [-0.4, -0.2) is 102 Å². The van der Waals surface area contributed by atoms with Gasteiger partial charge in [-0.2, -0.15) is 0 Å². The first-order valence-corrected chi connectivity index (χ1v) is 16.4. The third-order valence-electron chi connectivity index (χ3n) is 9.02. The first-order chi connectivity index (χ1) is 22.0. The van der Waals surface area contributed by atoms with E-state index < -0.39 is 17.4 Å². The number of piperidine rings is 1. The summed E-state index contributed by atoms with van der Waals surface area (Å²) in [4.78, 5) is 67.3. The third-order valence-corrected chi connectivity index (χ3v) is 9.02. The predicted octanol–water partition coefficient (Wildman–Crippen LogP) is 3.61. The number of carbonyl (C=O) groups is 4. The van der Waals surface area contributed by atoms with Crippen molar-refractivity contribution in [3.05, 3.63) is 42.1 Å². The third kappa shape index (κ3) is 7.42. The van der Waals surface area contributed by atoms with Gasteiger partial charge in [-0.3, -0.25) is 14.4 Å². The molecule has 46 heavy (non-hydrogen) atoms. The van der Waals surface area contributed by atoms with Crippen molar-refractivity contribution < 1.29 is 28.7 Å². The zero-order valence-electron chi connectivity index (χ0n) is 27.5. The number of amides is 3. The molecule has 1 aromatic heterocycles. The van der Waals surface area contributed by atoms with E-state index in [9.17, 15) is 19.2 Å². The number of rotatable bonds is 10. The summed E-state index contributed by atoms with van der Waals surface area (Å²) in [7, 11) is 0. The molecule has 0 bridgehead atoms. The van der Waals surface area contributed by atoms with Crippen LogP contribution in [0, 0.1) is 23.2 Å². The Kier molecular flexibility index (Phi) is 10.1. The molecule has 4 atom stereocenters. The van der Waals surface area contributed by atoms with Crippen molar-refractivity contribution in [2.24, 2.45) is 23.2 Å². The van der Waals surface area contributed by atoms with Crippen LogP contribution < -0.4 is 10.2 Å². The number of ether oxygens (including phenoxy) is 2. The number of nitrogens with zero attached hydrogens (tertiary/aromatic N) is 5. The van der Waals surface area contributed by atoms with Crippen LogP contribution in [-0.2, 0) is 19.1 Å². The fourth-order valence-electron chi connectivity index (χ4n) is 6.27. The Labute approximate surface area is 270 Å². The Hall–Kier alpha value is -4.22. The molecule has 2 saturated heterocycles. The number of piperazine rings is 1. The normalized spacial score (nSPS) is 21.3. The number of anilines is 1. The van der Waals surface area contributed by atoms with Crippen LogP contribution in [0.1, 0.15) is 57.9 Å². The lowest BCUT2D eigenvalue weighted by Gasteiger charge is -2.39. The second-order valence-electron chi connectivity index (χ2n) is 13.4. The molecule has 1 aromatic carbocycles. The number of benzene rings is 1. The zero-order chi connectivity index (χ0) is 33.0. The van der Waals surface area contributed by atoms with Gasteiger partial charge in [-0.15, -0.1) is 0 Å². The van der Waals surface area contributed by atoms with Crippen LogP contribution in [0.2, 0.25) is 0 Å². The molecular formula is C34H46N6O6. The second-order valence-corrected chi connectivity index (χ2v) is 13.4. The van der Waals surface area contributed by atoms with E-state index in [-0.39, 0.29) is 41.4 Å². The number of unbranched alkanes of at least 4 members (excludes halogenated alkanes) is 1. The summed E-state index contributed by atoms with van der Waals surface area (Å²) in [6, 6.07) is 10.3. The summed E-state index contributed by atoms with van der Waals surface area (Å²) in [5.74, 6) is 0.516. The lowest BCUT2D eigenvalue weighted by Crippen LogP contribution is -2.59. The SMILES string of the molecule is CCCCOC(=O)N1CCN(C(=O)[C@@H](NC(=O)c2cc(N3C[C@@H]4C(C(=O)OCC)[C@@H]4C3)nc(-c3ccccc3)n2)C(C)(C)C)CC1. The smallest absolute Gasteiger partial charge is 0.409 e. The molecule has 1 N–H and O–H groups in total. The maximum atomic E-state index is 13.9. The largest absolute Gasteiger partial charge is 0.466 e. The van der Waals surface area contributed by atoms with Crippen molar-refractivity contribution in [2.45, 2.75) is 53.5 Å². The number of nitrogens with one attached hydrogen (secondary N) is 1. The molecular weight excluding hydrogens is 588 g/mol. The average Bonchev–Trinajstić information content (AvgIpc) is 3.56. The Morgan fingerprint density at radius 2 is 1.59 bits per heavy atom. The van der Waals surface area contributed by atoms with E-state index in [1.807, 2.05) is 65.0 Å². The van der Waals surface area contributed by atoms with Crippen molar-refractivity contribution in [2.75, 3.05) is 57.4 Å². The first kappa shape index (κ1) is 33.2. The van der Waals surface area contributed by atoms with Crippen molar-refractivity contribution >= 4 is 29.7 Å². The van der Waals surface area contributed by atoms with Gasteiger partial charge in [0.25, 0.3) is 5.91 Å². The molecule has 3 heterocycles. The molecule has 5 rings (SSSR count). The molecule has 3 amide bonds. The van der Waals surface area contributed by atoms with Crippen LogP contribution in [0.15, 0.2) is 36.4 Å². The summed E-state index contributed by atoms with van der Waals surface area (Å²) >= 11 is 0. The standard InChI is InChI=1S/C34H46N6O6/c1-6-8-18-46-33(44)39-16-14-38(15-17-39)31(42)28(34(3,4)5)37-30(41)25-19-26(36-29(35-25)22-12-10-9-11-13-22)40-20-23-24(21-40)27(23)32(43)45-7-2/h9-13,19,23-24,27-28H,6-8,14-18,20-21H2,1-5H3,(H,37,41)/t23-,24+,27?,28-/m1/s1. The molecule has 1 unspecified atom stereocenters. The van der Waals surface area contributed by atoms with Gasteiger partial charge in [0.15, 0.2) is 5.82 Å². The number of hydrogen-bond acceptors (Lipinski definition) is 9. The van der Waals surface area contributed by atoms with Gasteiger partial charge >= 0.3 is 12.1 Å². The van der Waals surface area contributed by atoms with E-state index >= 15 is 0 Å². The van der Waals surface area contributed by atoms with Gasteiger partial charge in [-0.1, -0.05) is 64.4 Å². The number of hydrogen-bond donors (Lipinski definition) is 1. The molecule has 1 saturated carbocycles. The Bertz CT molecular complexity index is 1410. The van der Waals surface area contributed by atoms with Crippen molar-refractivity contribution in [1.29, 1.82) is 0 Å². The summed E-state index contributed by atoms with van der Waals surface area (Å²) in [6.45, 7) is 13.1. The number of esters is 1. The summed E-state index contributed by atoms with van der Waals surface area (Å²) in [5.41, 5.74) is 0.328. The molecule has 3 fully saturated rings. The molecule has 2 aliphatic heterocycles. The molecule has 2 aromatic rings. The number of aromatic nitrogens is 2. The highest BCUT2D eigenvalue weighted by molar-refractivity contribution is 5.97. The quantitative estimate of drug-likeness (QED) is 0.307. The van der Waals surface area contributed by atoms with Gasteiger partial charge < -0.3 is 29.5 Å². The summed E-state index contributed by atoms with van der Waals surface area (Å²) < 4.78 is 10.6. The van der Waals surface area contributed by atoms with Crippen molar-refractivity contribution in [1.82, 2.24) is 25.1 Å². The molecule has 12 heteroatoms. The summed E-state index contributed by atoms with van der Waals surface area (Å²) in [5, 5.41) is 2.98. The van der Waals surface area contributed by atoms with E-state index in [0.717, 1.165) is 18.4 Å². The van der Waals surface area contributed by atoms with Crippen LogP contribution >= 0.6 is 0 Å². The van der Waals surface area contributed by atoms with Gasteiger partial charge in [0, 0.05) is 50.9 Å². The molecule has 3 aliphatic rings. The second kappa shape index (κ2) is 14.0. The highest BCUT2D eigenvalue weighted by Gasteiger charge is 2.60. The minimum absolute atomic E-state index is 0.0819. The molecule has 248 valence electrons. The minimum Gasteiger partial charge on any atom is -0.466 e. The maximum Gasteiger partial charge on any atom is 0.409 e. The fourth-order valence-corrected chi connectivity index (χ4v) is 6.27. The van der Waals surface area contributed by atoms with E-state index in [1.165, 1.54) is 0 Å². The Morgan fingerprint density at radius 1 is 0.935 bits per heavy atom. The highest BCUT2D eigenvalue weighted by atomic mass is 16.6. The van der Waals surface area contributed by atoms with Gasteiger partial charge in [0.2, 0.25) is 5.91 Å². The van der Waals surface area contributed by atoms with Gasteiger partial charge in [0.05, 0.1) is 19.1 Å². The number of fused-ring (bicyclic) bond motifs is 1. The van der Waals surface area contributed by atoms with Gasteiger partial charge in [0.1, 0.15) is 17.6 Å².